The second-order valence-electron chi connectivity index (χ2n) is 13.8. The Morgan fingerprint density at radius 1 is 0.500 bits per heavy atom. The van der Waals surface area contributed by atoms with Crippen LogP contribution < -0.4 is 0 Å². The normalized spacial score (nSPS) is 13.3. The van der Waals surface area contributed by atoms with E-state index in [2.05, 4.69) is 18.4 Å². The first-order valence-electron chi connectivity index (χ1n) is 20.2. The molecule has 0 aliphatic carbocycles. The van der Waals surface area contributed by atoms with Crippen LogP contribution in [-0.4, -0.2) is 43.3 Å². The molecule has 0 heterocycles. The largest absolute Gasteiger partial charge is 0.472 e. The van der Waals surface area contributed by atoms with Crippen LogP contribution in [0.3, 0.4) is 0 Å². The van der Waals surface area contributed by atoms with Crippen LogP contribution in [0.1, 0.15) is 213 Å². The number of ether oxygens (including phenoxy) is 2. The van der Waals surface area contributed by atoms with Gasteiger partial charge in [-0.3, -0.25) is 18.6 Å². The number of carbonyl (C=O) groups is 2. The lowest BCUT2D eigenvalue weighted by Gasteiger charge is -2.19. The van der Waals surface area contributed by atoms with Gasteiger partial charge in [-0.2, -0.15) is 0 Å². The molecule has 9 heteroatoms. The van der Waals surface area contributed by atoms with Crippen LogP contribution in [-0.2, 0) is 32.7 Å². The van der Waals surface area contributed by atoms with Gasteiger partial charge in [0.1, 0.15) is 6.61 Å². The van der Waals surface area contributed by atoms with Crippen molar-refractivity contribution in [1.82, 2.24) is 0 Å². The van der Waals surface area contributed by atoms with Gasteiger partial charge < -0.3 is 14.4 Å². The average molecular weight is 705 g/mol. The van der Waals surface area contributed by atoms with Gasteiger partial charge in [0, 0.05) is 20.0 Å². The average Bonchev–Trinajstić information content (AvgIpc) is 3.07. The summed E-state index contributed by atoms with van der Waals surface area (Å²) in [4.78, 5) is 34.3. The summed E-state index contributed by atoms with van der Waals surface area (Å²) in [5.41, 5.74) is 0. The summed E-state index contributed by atoms with van der Waals surface area (Å²) in [5.74, 6) is -0.791. The summed E-state index contributed by atoms with van der Waals surface area (Å²) in [6.45, 7) is 3.90. The lowest BCUT2D eigenvalue weighted by atomic mass is 10.0. The minimum atomic E-state index is -4.25. The van der Waals surface area contributed by atoms with Crippen LogP contribution in [0.15, 0.2) is 0 Å². The predicted molar refractivity (Wildman–Crippen MR) is 198 cm³/mol. The van der Waals surface area contributed by atoms with Crippen molar-refractivity contribution in [3.8, 4) is 0 Å². The quantitative estimate of drug-likeness (QED) is 0.0384. The van der Waals surface area contributed by atoms with Crippen molar-refractivity contribution < 1.29 is 37.6 Å². The Bertz CT molecular complexity index is 762. The number of esters is 2. The number of unbranched alkanes of at least 4 members (excludes halogenated alkanes) is 27. The van der Waals surface area contributed by atoms with E-state index in [-0.39, 0.29) is 19.0 Å². The summed E-state index contributed by atoms with van der Waals surface area (Å²) in [6.07, 6.45) is 35.8. The Morgan fingerprint density at radius 2 is 0.812 bits per heavy atom. The third kappa shape index (κ3) is 34.9. The lowest BCUT2D eigenvalue weighted by molar-refractivity contribution is -0.161. The van der Waals surface area contributed by atoms with Crippen LogP contribution in [0, 0.1) is 0 Å². The SMILES string of the molecule is CCCCCCCCCCCCCCCCCCCCC(=O)OC(COC(=O)CCCCCCCCCCCCC)COP(=O)(O)OC. The molecule has 0 radical (unpaired) electrons. The molecule has 1 N–H and O–H groups in total. The molecule has 2 unspecified atom stereocenters. The Hall–Kier alpha value is -0.950. The standard InChI is InChI=1S/C39H77O8P/c1-4-6-8-10-12-14-16-17-18-19-20-21-22-24-26-28-30-32-34-39(41)47-37(36-46-48(42,43)44-3)35-45-38(40)33-31-29-27-25-23-15-13-11-9-7-5-2/h37H,4-36H2,1-3H3,(H,42,43). The van der Waals surface area contributed by atoms with Gasteiger partial charge in [0.2, 0.25) is 0 Å². The summed E-state index contributed by atoms with van der Waals surface area (Å²) >= 11 is 0. The molecule has 48 heavy (non-hydrogen) atoms. The first kappa shape index (κ1) is 47.0. The first-order chi connectivity index (χ1) is 23.3. The molecule has 0 aromatic heterocycles. The van der Waals surface area contributed by atoms with Crippen molar-refractivity contribution in [2.75, 3.05) is 20.3 Å². The van der Waals surface area contributed by atoms with Crippen LogP contribution in [0.4, 0.5) is 0 Å². The maximum Gasteiger partial charge on any atom is 0.472 e. The zero-order chi connectivity index (χ0) is 35.4. The van der Waals surface area contributed by atoms with Crippen molar-refractivity contribution in [1.29, 1.82) is 0 Å². The Balaban J connectivity index is 3.95. The van der Waals surface area contributed by atoms with Crippen LogP contribution >= 0.6 is 7.82 Å². The summed E-state index contributed by atoms with van der Waals surface area (Å²) in [6, 6.07) is 0. The van der Waals surface area contributed by atoms with Gasteiger partial charge in [-0.1, -0.05) is 187 Å². The molecule has 0 rings (SSSR count). The summed E-state index contributed by atoms with van der Waals surface area (Å²) in [5, 5.41) is 0. The van der Waals surface area contributed by atoms with Crippen molar-refractivity contribution >= 4 is 19.8 Å². The van der Waals surface area contributed by atoms with E-state index in [0.29, 0.717) is 6.42 Å². The van der Waals surface area contributed by atoms with Gasteiger partial charge in [0.15, 0.2) is 6.10 Å². The highest BCUT2D eigenvalue weighted by molar-refractivity contribution is 7.47. The van der Waals surface area contributed by atoms with Crippen LogP contribution in [0.25, 0.3) is 0 Å². The molecule has 0 aromatic rings. The number of carbonyl (C=O) groups excluding carboxylic acids is 2. The molecule has 0 spiro atoms. The fraction of sp³-hybridized carbons (Fsp3) is 0.949. The number of hydrogen-bond acceptors (Lipinski definition) is 7. The second-order valence-corrected chi connectivity index (χ2v) is 15.3. The topological polar surface area (TPSA) is 108 Å². The monoisotopic (exact) mass is 705 g/mol. The molecule has 0 aromatic carbocycles. The van der Waals surface area contributed by atoms with Crippen molar-refractivity contribution in [2.24, 2.45) is 0 Å². The predicted octanol–water partition coefficient (Wildman–Crippen LogP) is 12.3. The summed E-state index contributed by atoms with van der Waals surface area (Å²) in [7, 11) is -3.18. The fourth-order valence-corrected chi connectivity index (χ4v) is 6.41. The Kier molecular flexibility index (Phi) is 35.2. The van der Waals surface area contributed by atoms with E-state index in [1.54, 1.807) is 0 Å². The number of phosphoric ester groups is 1. The van der Waals surface area contributed by atoms with E-state index < -0.39 is 26.5 Å². The Labute approximate surface area is 296 Å². The highest BCUT2D eigenvalue weighted by atomic mass is 31.2. The minimum absolute atomic E-state index is 0.217. The minimum Gasteiger partial charge on any atom is -0.462 e. The van der Waals surface area contributed by atoms with Crippen molar-refractivity contribution in [2.45, 2.75) is 219 Å². The number of hydrogen-bond donors (Lipinski definition) is 1. The van der Waals surface area contributed by atoms with Crippen LogP contribution in [0.2, 0.25) is 0 Å². The molecule has 0 aliphatic heterocycles. The highest BCUT2D eigenvalue weighted by Crippen LogP contribution is 2.42. The highest BCUT2D eigenvalue weighted by Gasteiger charge is 2.24. The van der Waals surface area contributed by atoms with Crippen molar-refractivity contribution in [3.05, 3.63) is 0 Å². The first-order valence-corrected chi connectivity index (χ1v) is 21.7. The number of rotatable bonds is 38. The van der Waals surface area contributed by atoms with E-state index >= 15 is 0 Å². The molecule has 0 fully saturated rings. The van der Waals surface area contributed by atoms with E-state index in [9.17, 15) is 19.0 Å². The van der Waals surface area contributed by atoms with Gasteiger partial charge in [-0.25, -0.2) is 4.57 Å². The maximum absolute atomic E-state index is 12.5. The van der Waals surface area contributed by atoms with E-state index in [1.807, 2.05) is 0 Å². The van der Waals surface area contributed by atoms with Gasteiger partial charge in [0.05, 0.1) is 6.61 Å². The molecule has 8 nitrogen and oxygen atoms in total. The molecule has 2 atom stereocenters. The van der Waals surface area contributed by atoms with Gasteiger partial charge >= 0.3 is 19.8 Å². The molecule has 0 saturated carbocycles. The molecule has 0 amide bonds. The third-order valence-electron chi connectivity index (χ3n) is 9.10. The third-order valence-corrected chi connectivity index (χ3v) is 10.0. The van der Waals surface area contributed by atoms with Crippen molar-refractivity contribution in [3.63, 3.8) is 0 Å². The molecule has 0 aliphatic rings. The molecule has 0 bridgehead atoms. The van der Waals surface area contributed by atoms with E-state index in [4.69, 9.17) is 14.0 Å². The smallest absolute Gasteiger partial charge is 0.462 e. The zero-order valence-corrected chi connectivity index (χ0v) is 32.6. The Morgan fingerprint density at radius 3 is 1.15 bits per heavy atom. The maximum atomic E-state index is 12.5. The molecule has 0 saturated heterocycles. The zero-order valence-electron chi connectivity index (χ0n) is 31.7. The molecular weight excluding hydrogens is 627 g/mol. The fourth-order valence-electron chi connectivity index (χ4n) is 5.95. The second kappa shape index (κ2) is 35.9. The van der Waals surface area contributed by atoms with Gasteiger partial charge in [-0.05, 0) is 12.8 Å². The number of phosphoric acid groups is 1. The van der Waals surface area contributed by atoms with Gasteiger partial charge in [-0.15, -0.1) is 0 Å². The molecule has 286 valence electrons. The summed E-state index contributed by atoms with van der Waals surface area (Å²) < 4.78 is 31.9. The van der Waals surface area contributed by atoms with E-state index in [0.717, 1.165) is 45.6 Å². The van der Waals surface area contributed by atoms with Gasteiger partial charge in [0.25, 0.3) is 0 Å². The molecular formula is C39H77O8P. The van der Waals surface area contributed by atoms with Crippen LogP contribution in [0.5, 0.6) is 0 Å². The lowest BCUT2D eigenvalue weighted by Crippen LogP contribution is -2.29. The van der Waals surface area contributed by atoms with E-state index in [1.165, 1.54) is 148 Å².